The minimum atomic E-state index is 0.233. The number of halogens is 1. The molecule has 100 valence electrons. The summed E-state index contributed by atoms with van der Waals surface area (Å²) >= 11 is 3.49. The van der Waals surface area contributed by atoms with Crippen molar-refractivity contribution in [1.29, 1.82) is 0 Å². The number of piperidine rings is 1. The van der Waals surface area contributed by atoms with Gasteiger partial charge in [-0.2, -0.15) is 0 Å². The van der Waals surface area contributed by atoms with E-state index in [0.29, 0.717) is 6.54 Å². The topological polar surface area (TPSA) is 25.2 Å². The molecule has 0 aliphatic carbocycles. The van der Waals surface area contributed by atoms with E-state index in [9.17, 15) is 4.79 Å². The van der Waals surface area contributed by atoms with Crippen molar-refractivity contribution in [2.45, 2.75) is 25.8 Å². The Labute approximate surface area is 121 Å². The highest BCUT2D eigenvalue weighted by Gasteiger charge is 2.17. The highest BCUT2D eigenvalue weighted by Crippen LogP contribution is 2.21. The van der Waals surface area contributed by atoms with Crippen LogP contribution in [0, 0.1) is 0 Å². The second-order valence-electron chi connectivity index (χ2n) is 5.09. The molecule has 3 rings (SSSR count). The molecule has 1 fully saturated rings. The molecule has 0 N–H and O–H groups in total. The average Bonchev–Trinajstić information content (AvgIpc) is 2.82. The van der Waals surface area contributed by atoms with Gasteiger partial charge in [0.1, 0.15) is 6.54 Å². The minimum absolute atomic E-state index is 0.233. The lowest BCUT2D eigenvalue weighted by molar-refractivity contribution is -0.132. The maximum absolute atomic E-state index is 12.3. The molecule has 0 spiro atoms. The fourth-order valence-electron chi connectivity index (χ4n) is 2.68. The largest absolute Gasteiger partial charge is 0.341 e. The van der Waals surface area contributed by atoms with Crippen molar-refractivity contribution in [2.24, 2.45) is 0 Å². The first-order chi connectivity index (χ1) is 9.24. The normalized spacial score (nSPS) is 15.9. The molecule has 4 heteroatoms. The molecule has 1 aliphatic rings. The standard InChI is InChI=1S/C15H17BrN2O/c16-13-5-4-12-6-9-18(14(12)10-13)11-15(19)17-7-2-1-3-8-17/h4-6,9-10H,1-3,7-8,11H2. The molecule has 0 atom stereocenters. The molecule has 0 saturated carbocycles. The highest BCUT2D eigenvalue weighted by molar-refractivity contribution is 9.10. The lowest BCUT2D eigenvalue weighted by Crippen LogP contribution is -2.37. The number of carbonyl (C=O) groups is 1. The van der Waals surface area contributed by atoms with Gasteiger partial charge in [-0.1, -0.05) is 22.0 Å². The predicted molar refractivity (Wildman–Crippen MR) is 80.1 cm³/mol. The van der Waals surface area contributed by atoms with E-state index in [1.54, 1.807) is 0 Å². The van der Waals surface area contributed by atoms with Crippen molar-refractivity contribution in [1.82, 2.24) is 9.47 Å². The Morgan fingerprint density at radius 1 is 1.16 bits per heavy atom. The molecule has 1 aliphatic heterocycles. The van der Waals surface area contributed by atoms with Gasteiger partial charge in [0.25, 0.3) is 0 Å². The summed E-state index contributed by atoms with van der Waals surface area (Å²) in [5.41, 5.74) is 1.11. The summed E-state index contributed by atoms with van der Waals surface area (Å²) in [6, 6.07) is 8.23. The third kappa shape index (κ3) is 2.68. The Hall–Kier alpha value is -1.29. The van der Waals surface area contributed by atoms with Gasteiger partial charge in [0.2, 0.25) is 5.91 Å². The molecular weight excluding hydrogens is 304 g/mol. The first-order valence-corrected chi connectivity index (χ1v) is 7.55. The molecule has 1 aromatic carbocycles. The fourth-order valence-corrected chi connectivity index (χ4v) is 3.03. The molecule has 1 amide bonds. The van der Waals surface area contributed by atoms with Crippen LogP contribution in [0.2, 0.25) is 0 Å². The Kier molecular flexibility index (Phi) is 3.60. The maximum Gasteiger partial charge on any atom is 0.242 e. The van der Waals surface area contributed by atoms with Gasteiger partial charge in [0, 0.05) is 29.3 Å². The van der Waals surface area contributed by atoms with Crippen LogP contribution in [0.5, 0.6) is 0 Å². The van der Waals surface area contributed by atoms with E-state index in [2.05, 4.69) is 34.1 Å². The average molecular weight is 321 g/mol. The molecule has 2 heterocycles. The van der Waals surface area contributed by atoms with Crippen LogP contribution in [0.25, 0.3) is 10.9 Å². The van der Waals surface area contributed by atoms with Crippen LogP contribution in [0.1, 0.15) is 19.3 Å². The van der Waals surface area contributed by atoms with Crippen LogP contribution in [-0.4, -0.2) is 28.5 Å². The summed E-state index contributed by atoms with van der Waals surface area (Å²) in [7, 11) is 0. The van der Waals surface area contributed by atoms with Crippen molar-refractivity contribution in [3.63, 3.8) is 0 Å². The van der Waals surface area contributed by atoms with Gasteiger partial charge in [-0.15, -0.1) is 0 Å². The van der Waals surface area contributed by atoms with Gasteiger partial charge in [0.05, 0.1) is 0 Å². The third-order valence-corrected chi connectivity index (χ3v) is 4.24. The summed E-state index contributed by atoms with van der Waals surface area (Å²) < 4.78 is 3.09. The number of hydrogen-bond acceptors (Lipinski definition) is 1. The first-order valence-electron chi connectivity index (χ1n) is 6.76. The molecule has 0 bridgehead atoms. The second-order valence-corrected chi connectivity index (χ2v) is 6.00. The van der Waals surface area contributed by atoms with Gasteiger partial charge in [-0.25, -0.2) is 0 Å². The summed E-state index contributed by atoms with van der Waals surface area (Å²) in [6.45, 7) is 2.28. The number of fused-ring (bicyclic) bond motifs is 1. The lowest BCUT2D eigenvalue weighted by Gasteiger charge is -2.27. The van der Waals surface area contributed by atoms with Gasteiger partial charge in [-0.05, 0) is 42.8 Å². The molecular formula is C15H17BrN2O. The molecule has 1 saturated heterocycles. The molecule has 2 aromatic rings. The smallest absolute Gasteiger partial charge is 0.242 e. The SMILES string of the molecule is O=C(Cn1ccc2ccc(Br)cc21)N1CCCCC1. The van der Waals surface area contributed by atoms with Crippen molar-refractivity contribution < 1.29 is 4.79 Å². The van der Waals surface area contributed by atoms with Gasteiger partial charge in [0.15, 0.2) is 0 Å². The second kappa shape index (κ2) is 5.37. The van der Waals surface area contributed by atoms with Crippen LogP contribution < -0.4 is 0 Å². The summed E-state index contributed by atoms with van der Waals surface area (Å²) in [5.74, 6) is 0.233. The number of carbonyl (C=O) groups excluding carboxylic acids is 1. The van der Waals surface area contributed by atoms with E-state index in [1.807, 2.05) is 21.7 Å². The highest BCUT2D eigenvalue weighted by atomic mass is 79.9. The Morgan fingerprint density at radius 2 is 1.95 bits per heavy atom. The molecule has 0 radical (unpaired) electrons. The number of aromatic nitrogens is 1. The van der Waals surface area contributed by atoms with E-state index in [-0.39, 0.29) is 5.91 Å². The third-order valence-electron chi connectivity index (χ3n) is 3.75. The van der Waals surface area contributed by atoms with Crippen molar-refractivity contribution >= 4 is 32.7 Å². The summed E-state index contributed by atoms with van der Waals surface area (Å²) in [6.07, 6.45) is 5.54. The maximum atomic E-state index is 12.3. The van der Waals surface area contributed by atoms with Crippen molar-refractivity contribution in [2.75, 3.05) is 13.1 Å². The summed E-state index contributed by atoms with van der Waals surface area (Å²) in [4.78, 5) is 14.3. The van der Waals surface area contributed by atoms with Crippen LogP contribution >= 0.6 is 15.9 Å². The monoisotopic (exact) mass is 320 g/mol. The van der Waals surface area contributed by atoms with E-state index < -0.39 is 0 Å². The number of amides is 1. The van der Waals surface area contributed by atoms with E-state index in [0.717, 1.165) is 35.9 Å². The zero-order valence-electron chi connectivity index (χ0n) is 10.8. The van der Waals surface area contributed by atoms with E-state index in [1.165, 1.54) is 11.8 Å². The molecule has 19 heavy (non-hydrogen) atoms. The number of likely N-dealkylation sites (tertiary alicyclic amines) is 1. The summed E-state index contributed by atoms with van der Waals surface area (Å²) in [5, 5.41) is 1.18. The van der Waals surface area contributed by atoms with Crippen LogP contribution in [0.3, 0.4) is 0 Å². The van der Waals surface area contributed by atoms with Gasteiger partial charge < -0.3 is 9.47 Å². The van der Waals surface area contributed by atoms with Crippen LogP contribution in [0.4, 0.5) is 0 Å². The van der Waals surface area contributed by atoms with E-state index >= 15 is 0 Å². The number of nitrogens with zero attached hydrogens (tertiary/aromatic N) is 2. The minimum Gasteiger partial charge on any atom is -0.341 e. The Morgan fingerprint density at radius 3 is 2.74 bits per heavy atom. The van der Waals surface area contributed by atoms with Crippen molar-refractivity contribution in [3.8, 4) is 0 Å². The zero-order valence-corrected chi connectivity index (χ0v) is 12.4. The molecule has 3 nitrogen and oxygen atoms in total. The molecule has 1 aromatic heterocycles. The van der Waals surface area contributed by atoms with E-state index in [4.69, 9.17) is 0 Å². The van der Waals surface area contributed by atoms with Crippen LogP contribution in [-0.2, 0) is 11.3 Å². The van der Waals surface area contributed by atoms with Gasteiger partial charge >= 0.3 is 0 Å². The lowest BCUT2D eigenvalue weighted by atomic mass is 10.1. The number of rotatable bonds is 2. The Balaban J connectivity index is 1.80. The Bertz CT molecular complexity index is 599. The first kappa shape index (κ1) is 12.7. The number of benzene rings is 1. The van der Waals surface area contributed by atoms with Crippen molar-refractivity contribution in [3.05, 3.63) is 34.9 Å². The number of hydrogen-bond donors (Lipinski definition) is 0. The fraction of sp³-hybridized carbons (Fsp3) is 0.400. The van der Waals surface area contributed by atoms with Gasteiger partial charge in [-0.3, -0.25) is 4.79 Å². The quantitative estimate of drug-likeness (QED) is 0.832. The zero-order chi connectivity index (χ0) is 13.2. The van der Waals surface area contributed by atoms with Crippen LogP contribution in [0.15, 0.2) is 34.9 Å². The molecule has 0 unspecified atom stereocenters. The predicted octanol–water partition coefficient (Wildman–Crippen LogP) is 3.42.